The van der Waals surface area contributed by atoms with Gasteiger partial charge in [0.25, 0.3) is 0 Å². The van der Waals surface area contributed by atoms with Crippen molar-refractivity contribution in [3.63, 3.8) is 0 Å². The molecule has 14 rings (SSSR count). The van der Waals surface area contributed by atoms with E-state index in [1.165, 1.54) is 92.5 Å². The Bertz CT molecular complexity index is 3790. The molecule has 67 heavy (non-hydrogen) atoms. The fourth-order valence-corrected chi connectivity index (χ4v) is 13.5. The summed E-state index contributed by atoms with van der Waals surface area (Å²) in [5, 5.41) is 3.79. The van der Waals surface area contributed by atoms with Crippen LogP contribution in [0.5, 0.6) is 0 Å². The smallest absolute Gasteiger partial charge is 0.134 e. The quantitative estimate of drug-likeness (QED) is 0.171. The number of benzene rings is 9. The second-order valence-electron chi connectivity index (χ2n) is 19.0. The number of hydrogen-bond acceptors (Lipinski definition) is 3. The van der Waals surface area contributed by atoms with Gasteiger partial charge >= 0.3 is 0 Å². The number of para-hydroxylation sites is 1. The van der Waals surface area contributed by atoms with E-state index >= 15 is 0 Å². The van der Waals surface area contributed by atoms with Gasteiger partial charge in [-0.25, -0.2) is 0 Å². The van der Waals surface area contributed by atoms with Gasteiger partial charge in [0.2, 0.25) is 0 Å². The molecule has 0 atom stereocenters. The monoisotopic (exact) mass is 875 g/mol. The average Bonchev–Trinajstić information content (AvgIpc) is 4.05. The van der Waals surface area contributed by atoms with Gasteiger partial charge in [0.15, 0.2) is 0 Å². The van der Waals surface area contributed by atoms with Gasteiger partial charge in [-0.05, 0) is 116 Å². The van der Waals surface area contributed by atoms with Crippen molar-refractivity contribution < 1.29 is 4.42 Å². The van der Waals surface area contributed by atoms with Crippen molar-refractivity contribution in [2.75, 3.05) is 4.90 Å². The normalized spacial score (nSPS) is 14.9. The van der Waals surface area contributed by atoms with Gasteiger partial charge in [0.1, 0.15) is 11.3 Å². The summed E-state index contributed by atoms with van der Waals surface area (Å²) in [6.07, 6.45) is 4.20. The van der Waals surface area contributed by atoms with Crippen LogP contribution < -0.4 is 4.90 Å². The van der Waals surface area contributed by atoms with Gasteiger partial charge in [-0.3, -0.25) is 0 Å². The summed E-state index contributed by atoms with van der Waals surface area (Å²) in [7, 11) is 0. The fourth-order valence-electron chi connectivity index (χ4n) is 12.2. The number of furan rings is 1. The van der Waals surface area contributed by atoms with E-state index < -0.39 is 5.41 Å². The van der Waals surface area contributed by atoms with Crippen molar-refractivity contribution in [3.8, 4) is 33.4 Å². The van der Waals surface area contributed by atoms with E-state index in [0.29, 0.717) is 0 Å². The van der Waals surface area contributed by atoms with Gasteiger partial charge in [-0.2, -0.15) is 0 Å². The number of thiophene rings is 1. The highest BCUT2D eigenvalue weighted by Gasteiger charge is 2.53. The van der Waals surface area contributed by atoms with Crippen LogP contribution in [0.1, 0.15) is 65.0 Å². The zero-order valence-corrected chi connectivity index (χ0v) is 38.2. The molecule has 0 saturated carbocycles. The molecule has 3 aliphatic rings. The lowest BCUT2D eigenvalue weighted by Gasteiger charge is -2.46. The summed E-state index contributed by atoms with van der Waals surface area (Å²) >= 11 is 1.88. The molecule has 3 aliphatic carbocycles. The highest BCUT2D eigenvalue weighted by atomic mass is 32.1. The van der Waals surface area contributed by atoms with Crippen molar-refractivity contribution in [2.45, 2.75) is 37.5 Å². The first-order valence-corrected chi connectivity index (χ1v) is 24.4. The molecule has 1 spiro atoms. The van der Waals surface area contributed by atoms with Crippen LogP contribution in [0, 0.1) is 0 Å². The molecule has 0 N–H and O–H groups in total. The largest absolute Gasteiger partial charge is 0.460 e. The summed E-state index contributed by atoms with van der Waals surface area (Å²) in [5.74, 6) is 1.05. The van der Waals surface area contributed by atoms with Crippen molar-refractivity contribution in [2.24, 2.45) is 0 Å². The maximum atomic E-state index is 6.56. The summed E-state index contributed by atoms with van der Waals surface area (Å²) in [6, 6.07) is 77.1. The van der Waals surface area contributed by atoms with Crippen LogP contribution in [-0.2, 0) is 17.3 Å². The van der Waals surface area contributed by atoms with Crippen molar-refractivity contribution >= 4 is 59.6 Å². The predicted molar refractivity (Wildman–Crippen MR) is 281 cm³/mol. The van der Waals surface area contributed by atoms with Crippen LogP contribution >= 0.6 is 11.3 Å². The summed E-state index contributed by atoms with van der Waals surface area (Å²) < 4.78 is 9.21. The molecule has 9 aromatic carbocycles. The Morgan fingerprint density at radius 1 is 0.463 bits per heavy atom. The SMILES string of the molecule is CC1(C)c2ccccc2C2(c3ccccc3-c3ccc(-c4ccc(N(C5=CCCc6oc7ccccc7c65)c5ccc(-c6cccc7c6sc6ccccc67)cc5)cc4)cc32)c2ccccc21. The van der Waals surface area contributed by atoms with Crippen LogP contribution in [0.25, 0.3) is 70.2 Å². The molecule has 0 amide bonds. The Labute approximate surface area is 394 Å². The minimum absolute atomic E-state index is 0.139. The number of allylic oxidation sites excluding steroid dienone is 1. The van der Waals surface area contributed by atoms with E-state index in [4.69, 9.17) is 4.42 Å². The number of aryl methyl sites for hydroxylation is 1. The molecular formula is C64H45NOS. The lowest BCUT2D eigenvalue weighted by atomic mass is 9.55. The summed E-state index contributed by atoms with van der Waals surface area (Å²) in [6.45, 7) is 4.78. The molecular weight excluding hydrogens is 831 g/mol. The first kappa shape index (κ1) is 38.5. The van der Waals surface area contributed by atoms with Gasteiger partial charge in [-0.1, -0.05) is 184 Å². The molecule has 0 saturated heterocycles. The van der Waals surface area contributed by atoms with Crippen LogP contribution in [-0.4, -0.2) is 0 Å². The number of anilines is 2. The molecule has 0 fully saturated rings. The second kappa shape index (κ2) is 14.4. The second-order valence-corrected chi connectivity index (χ2v) is 20.1. The number of fused-ring (bicyclic) bond motifs is 15. The van der Waals surface area contributed by atoms with Gasteiger partial charge in [0.05, 0.1) is 11.1 Å². The third-order valence-corrected chi connectivity index (χ3v) is 16.4. The Morgan fingerprint density at radius 3 is 1.78 bits per heavy atom. The lowest BCUT2D eigenvalue weighted by Crippen LogP contribution is -2.40. The first-order valence-electron chi connectivity index (χ1n) is 23.5. The number of hydrogen-bond donors (Lipinski definition) is 0. The van der Waals surface area contributed by atoms with Crippen molar-refractivity contribution in [1.82, 2.24) is 0 Å². The third kappa shape index (κ3) is 5.44. The van der Waals surface area contributed by atoms with Crippen LogP contribution in [0.15, 0.2) is 217 Å². The standard InChI is InChI=1S/C64H45NOS/c1-63(2)52-21-7-9-23-54(52)64(55-24-10-8-22-53(55)63)51-20-6-3-15-46(51)47-38-33-42(39-56(47)64)40-29-34-43(35-30-40)65(57-25-14-27-59-61(57)50-17-4-11-26-58(50)66-59)44-36-31-41(32-37-44)45-18-13-19-49-48-16-5-12-28-60(48)67-62(45)49/h3-13,15-26,28-39H,14,27H2,1-2H3. The predicted octanol–water partition coefficient (Wildman–Crippen LogP) is 17.3. The van der Waals surface area contributed by atoms with Crippen molar-refractivity contribution in [3.05, 3.63) is 257 Å². The van der Waals surface area contributed by atoms with Crippen molar-refractivity contribution in [1.29, 1.82) is 0 Å². The highest BCUT2D eigenvalue weighted by molar-refractivity contribution is 7.26. The summed E-state index contributed by atoms with van der Waals surface area (Å²) in [4.78, 5) is 2.44. The number of nitrogens with zero attached hydrogens (tertiary/aromatic N) is 1. The maximum absolute atomic E-state index is 6.56. The minimum Gasteiger partial charge on any atom is -0.460 e. The van der Waals surface area contributed by atoms with E-state index in [2.05, 4.69) is 231 Å². The minimum atomic E-state index is -0.436. The van der Waals surface area contributed by atoms with E-state index in [1.807, 2.05) is 11.3 Å². The molecule has 0 bridgehead atoms. The molecule has 3 heteroatoms. The molecule has 2 aromatic heterocycles. The Hall–Kier alpha value is -7.72. The maximum Gasteiger partial charge on any atom is 0.134 e. The van der Waals surface area contributed by atoms with Gasteiger partial charge in [-0.15, -0.1) is 11.3 Å². The molecule has 318 valence electrons. The molecule has 0 radical (unpaired) electrons. The highest BCUT2D eigenvalue weighted by Crippen LogP contribution is 2.62. The molecule has 11 aromatic rings. The van der Waals surface area contributed by atoms with E-state index in [1.54, 1.807) is 0 Å². The Morgan fingerprint density at radius 2 is 1.03 bits per heavy atom. The molecule has 0 aliphatic heterocycles. The van der Waals surface area contributed by atoms with E-state index in [9.17, 15) is 0 Å². The topological polar surface area (TPSA) is 16.4 Å². The average molecular weight is 876 g/mol. The third-order valence-electron chi connectivity index (χ3n) is 15.2. The fraction of sp³-hybridized carbons (Fsp3) is 0.0938. The van der Waals surface area contributed by atoms with Gasteiger partial charge < -0.3 is 9.32 Å². The zero-order chi connectivity index (χ0) is 44.4. The van der Waals surface area contributed by atoms with Crippen LogP contribution in [0.2, 0.25) is 0 Å². The van der Waals surface area contributed by atoms with E-state index in [0.717, 1.165) is 46.6 Å². The number of rotatable bonds is 5. The Balaban J connectivity index is 0.906. The van der Waals surface area contributed by atoms with Gasteiger partial charge in [0, 0.05) is 54.3 Å². The molecule has 2 nitrogen and oxygen atoms in total. The lowest BCUT2D eigenvalue weighted by molar-refractivity contribution is 0.545. The molecule has 0 unspecified atom stereocenters. The molecule has 2 heterocycles. The zero-order valence-electron chi connectivity index (χ0n) is 37.4. The Kier molecular flexibility index (Phi) is 8.28. The van der Waals surface area contributed by atoms with Crippen LogP contribution in [0.3, 0.4) is 0 Å². The van der Waals surface area contributed by atoms with E-state index in [-0.39, 0.29) is 5.41 Å². The summed E-state index contributed by atoms with van der Waals surface area (Å²) in [5.41, 5.74) is 20.7. The van der Waals surface area contributed by atoms with Crippen LogP contribution in [0.4, 0.5) is 11.4 Å². The first-order chi connectivity index (χ1) is 33.0.